The number of hydrogen-bond donors (Lipinski definition) is 0. The van der Waals surface area contributed by atoms with Crippen molar-refractivity contribution in [3.8, 4) is 6.07 Å². The zero-order chi connectivity index (χ0) is 8.43. The van der Waals surface area contributed by atoms with E-state index in [0.717, 1.165) is 0 Å². The highest BCUT2D eigenvalue weighted by Gasteiger charge is 2.38. The molecule has 0 saturated heterocycles. The Labute approximate surface area is 62.8 Å². The molecule has 0 spiro atoms. The van der Waals surface area contributed by atoms with Crippen LogP contribution in [0.5, 0.6) is 0 Å². The van der Waals surface area contributed by atoms with Crippen LogP contribution in [0.15, 0.2) is 0 Å². The molecule has 1 aliphatic carbocycles. The summed E-state index contributed by atoms with van der Waals surface area (Å²) in [5.41, 5.74) is 0. The lowest BCUT2D eigenvalue weighted by Gasteiger charge is -2.26. The maximum Gasteiger partial charge on any atom is 0.147 e. The van der Waals surface area contributed by atoms with Gasteiger partial charge in [0, 0.05) is 6.42 Å². The zero-order valence-corrected chi connectivity index (χ0v) is 5.80. The highest BCUT2D eigenvalue weighted by molar-refractivity contribution is 4.97. The topological polar surface area (TPSA) is 23.8 Å². The van der Waals surface area contributed by atoms with Crippen molar-refractivity contribution in [2.45, 2.75) is 31.4 Å². The summed E-state index contributed by atoms with van der Waals surface area (Å²) in [6, 6.07) is 1.56. The van der Waals surface area contributed by atoms with E-state index in [1.54, 1.807) is 6.07 Å². The monoisotopic (exact) mass is 163 g/mol. The molecule has 0 N–H and O–H groups in total. The predicted molar refractivity (Wildman–Crippen MR) is 33.0 cm³/mol. The standard InChI is InChI=1S/C7H8F3N/c8-5-1-4(3-11)7(10)6(9)2-5/h4-7H,1-2H2/t4-,5?,6-,7?/m1/s1. The Hall–Kier alpha value is -0.720. The van der Waals surface area contributed by atoms with E-state index in [0.29, 0.717) is 0 Å². The maximum absolute atomic E-state index is 12.7. The largest absolute Gasteiger partial charge is 0.247 e. The molecular weight excluding hydrogens is 155 g/mol. The van der Waals surface area contributed by atoms with Gasteiger partial charge in [-0.25, -0.2) is 13.2 Å². The molecule has 0 aromatic heterocycles. The summed E-state index contributed by atoms with van der Waals surface area (Å²) in [5, 5.41) is 8.27. The first-order valence-corrected chi connectivity index (χ1v) is 3.47. The van der Waals surface area contributed by atoms with Crippen LogP contribution in [0, 0.1) is 17.2 Å². The average Bonchev–Trinajstić information content (AvgIpc) is 1.96. The maximum atomic E-state index is 12.7. The second kappa shape index (κ2) is 3.12. The van der Waals surface area contributed by atoms with Crippen LogP contribution in [0.4, 0.5) is 13.2 Å². The van der Waals surface area contributed by atoms with Crippen LogP contribution in [0.1, 0.15) is 12.8 Å². The van der Waals surface area contributed by atoms with Crippen LogP contribution in [0.3, 0.4) is 0 Å². The molecule has 4 heteroatoms. The third kappa shape index (κ3) is 1.65. The molecule has 2 unspecified atom stereocenters. The van der Waals surface area contributed by atoms with Crippen molar-refractivity contribution in [1.82, 2.24) is 0 Å². The third-order valence-corrected chi connectivity index (χ3v) is 1.89. The van der Waals surface area contributed by atoms with Gasteiger partial charge in [-0.3, -0.25) is 0 Å². The van der Waals surface area contributed by atoms with Crippen molar-refractivity contribution < 1.29 is 13.2 Å². The Bertz CT molecular complexity index is 177. The molecule has 0 heterocycles. The fourth-order valence-electron chi connectivity index (χ4n) is 1.25. The lowest BCUT2D eigenvalue weighted by molar-refractivity contribution is 0.0459. The highest BCUT2D eigenvalue weighted by atomic mass is 19.2. The predicted octanol–water partition coefficient (Wildman–Crippen LogP) is 1.93. The van der Waals surface area contributed by atoms with Gasteiger partial charge in [0.1, 0.15) is 18.5 Å². The summed E-state index contributed by atoms with van der Waals surface area (Å²) in [5.74, 6) is -1.10. The van der Waals surface area contributed by atoms with Crippen molar-refractivity contribution in [2.24, 2.45) is 5.92 Å². The second-order valence-corrected chi connectivity index (χ2v) is 2.76. The van der Waals surface area contributed by atoms with Gasteiger partial charge >= 0.3 is 0 Å². The fraction of sp³-hybridized carbons (Fsp3) is 0.857. The van der Waals surface area contributed by atoms with Gasteiger partial charge < -0.3 is 0 Å². The summed E-state index contributed by atoms with van der Waals surface area (Å²) >= 11 is 0. The van der Waals surface area contributed by atoms with Gasteiger partial charge in [0.2, 0.25) is 0 Å². The third-order valence-electron chi connectivity index (χ3n) is 1.89. The molecule has 1 nitrogen and oxygen atoms in total. The quantitative estimate of drug-likeness (QED) is 0.535. The van der Waals surface area contributed by atoms with Gasteiger partial charge in [-0.05, 0) is 6.42 Å². The summed E-state index contributed by atoms with van der Waals surface area (Å²) in [6.45, 7) is 0. The van der Waals surface area contributed by atoms with Crippen LogP contribution in [-0.4, -0.2) is 18.5 Å². The van der Waals surface area contributed by atoms with Gasteiger partial charge in [-0.2, -0.15) is 5.26 Å². The summed E-state index contributed by atoms with van der Waals surface area (Å²) in [6.07, 6.45) is -5.53. The zero-order valence-electron chi connectivity index (χ0n) is 5.80. The Morgan fingerprint density at radius 1 is 1.18 bits per heavy atom. The van der Waals surface area contributed by atoms with E-state index in [1.807, 2.05) is 0 Å². The minimum Gasteiger partial charge on any atom is -0.247 e. The van der Waals surface area contributed by atoms with Crippen LogP contribution < -0.4 is 0 Å². The first kappa shape index (κ1) is 8.38. The van der Waals surface area contributed by atoms with Crippen LogP contribution in [0.25, 0.3) is 0 Å². The van der Waals surface area contributed by atoms with Gasteiger partial charge in [0.25, 0.3) is 0 Å². The van der Waals surface area contributed by atoms with Crippen molar-refractivity contribution >= 4 is 0 Å². The number of rotatable bonds is 0. The molecule has 11 heavy (non-hydrogen) atoms. The van der Waals surface area contributed by atoms with E-state index in [-0.39, 0.29) is 6.42 Å². The highest BCUT2D eigenvalue weighted by Crippen LogP contribution is 2.30. The van der Waals surface area contributed by atoms with Crippen molar-refractivity contribution in [3.63, 3.8) is 0 Å². The first-order chi connectivity index (χ1) is 5.15. The van der Waals surface area contributed by atoms with E-state index in [9.17, 15) is 13.2 Å². The van der Waals surface area contributed by atoms with E-state index in [1.165, 1.54) is 0 Å². The number of hydrogen-bond acceptors (Lipinski definition) is 1. The molecule has 0 amide bonds. The molecule has 1 aliphatic rings. The van der Waals surface area contributed by atoms with E-state index in [2.05, 4.69) is 0 Å². The number of nitrogens with zero attached hydrogens (tertiary/aromatic N) is 1. The molecule has 0 aromatic rings. The summed E-state index contributed by atoms with van der Waals surface area (Å²) in [4.78, 5) is 0. The van der Waals surface area contributed by atoms with Crippen LogP contribution in [-0.2, 0) is 0 Å². The van der Waals surface area contributed by atoms with Gasteiger partial charge in [0.15, 0.2) is 0 Å². The Balaban J connectivity index is 2.60. The summed E-state index contributed by atoms with van der Waals surface area (Å²) < 4.78 is 37.6. The van der Waals surface area contributed by atoms with Gasteiger partial charge in [-0.15, -0.1) is 0 Å². The van der Waals surface area contributed by atoms with E-state index >= 15 is 0 Å². The second-order valence-electron chi connectivity index (χ2n) is 2.76. The van der Waals surface area contributed by atoms with E-state index < -0.39 is 30.9 Å². The van der Waals surface area contributed by atoms with Crippen molar-refractivity contribution in [3.05, 3.63) is 0 Å². The molecule has 0 aromatic carbocycles. The Morgan fingerprint density at radius 2 is 1.82 bits per heavy atom. The van der Waals surface area contributed by atoms with Gasteiger partial charge in [-0.1, -0.05) is 0 Å². The normalized spacial score (nSPS) is 44.9. The van der Waals surface area contributed by atoms with Gasteiger partial charge in [0.05, 0.1) is 12.0 Å². The molecule has 0 radical (unpaired) electrons. The molecule has 0 bridgehead atoms. The SMILES string of the molecule is N#C[C@H]1CC(F)C[C@@H](F)C1F. The Kier molecular flexibility index (Phi) is 2.38. The average molecular weight is 163 g/mol. The molecule has 1 rings (SSSR count). The molecule has 4 atom stereocenters. The number of halogens is 3. The number of alkyl halides is 3. The van der Waals surface area contributed by atoms with Crippen molar-refractivity contribution in [2.75, 3.05) is 0 Å². The van der Waals surface area contributed by atoms with Crippen LogP contribution >= 0.6 is 0 Å². The minimum atomic E-state index is -1.80. The molecule has 1 fully saturated rings. The molecule has 0 aliphatic heterocycles. The lowest BCUT2D eigenvalue weighted by atomic mass is 9.86. The molecule has 1 saturated carbocycles. The smallest absolute Gasteiger partial charge is 0.147 e. The lowest BCUT2D eigenvalue weighted by Crippen LogP contribution is -2.35. The first-order valence-electron chi connectivity index (χ1n) is 3.47. The molecular formula is C7H8F3N. The van der Waals surface area contributed by atoms with E-state index in [4.69, 9.17) is 5.26 Å². The van der Waals surface area contributed by atoms with Crippen molar-refractivity contribution in [1.29, 1.82) is 5.26 Å². The Morgan fingerprint density at radius 3 is 2.36 bits per heavy atom. The fourth-order valence-corrected chi connectivity index (χ4v) is 1.25. The number of nitriles is 1. The minimum absolute atomic E-state index is 0.169. The van der Waals surface area contributed by atoms with Crippen LogP contribution in [0.2, 0.25) is 0 Å². The summed E-state index contributed by atoms with van der Waals surface area (Å²) in [7, 11) is 0. The molecule has 62 valence electrons.